The highest BCUT2D eigenvalue weighted by molar-refractivity contribution is 7.98. The molecule has 2 aromatic rings. The van der Waals surface area contributed by atoms with E-state index in [1.54, 1.807) is 23.1 Å². The van der Waals surface area contributed by atoms with Crippen molar-refractivity contribution in [2.75, 3.05) is 12.9 Å². The van der Waals surface area contributed by atoms with Gasteiger partial charge in [0.2, 0.25) is 0 Å². The summed E-state index contributed by atoms with van der Waals surface area (Å²) in [7, 11) is 0. The second-order valence-corrected chi connectivity index (χ2v) is 5.50. The van der Waals surface area contributed by atoms with Gasteiger partial charge in [0.1, 0.15) is 0 Å². The number of hydrogen-bond acceptors (Lipinski definition) is 4. The van der Waals surface area contributed by atoms with Crippen molar-refractivity contribution in [3.63, 3.8) is 0 Å². The van der Waals surface area contributed by atoms with Crippen molar-refractivity contribution in [2.45, 2.75) is 17.7 Å². The number of hydrogen-bond donors (Lipinski definition) is 1. The van der Waals surface area contributed by atoms with Crippen molar-refractivity contribution >= 4 is 23.1 Å². The molecule has 90 valence electrons. The highest BCUT2D eigenvalue weighted by Gasteiger charge is 2.04. The Balaban J connectivity index is 2.12. The maximum Gasteiger partial charge on any atom is 0.0933 e. The fourth-order valence-electron chi connectivity index (χ4n) is 1.55. The van der Waals surface area contributed by atoms with Crippen LogP contribution in [0.4, 0.5) is 0 Å². The molecule has 0 atom stereocenters. The Hall–Kier alpha value is -0.840. The van der Waals surface area contributed by atoms with Gasteiger partial charge in [0.25, 0.3) is 0 Å². The number of aromatic nitrogens is 1. The molecule has 0 aliphatic heterocycles. The Labute approximate surface area is 110 Å². The SMILES string of the molecule is CSc1ccc(-c2csc(CCCO)n2)cc1. The van der Waals surface area contributed by atoms with Gasteiger partial charge < -0.3 is 5.11 Å². The molecule has 0 saturated heterocycles. The summed E-state index contributed by atoms with van der Waals surface area (Å²) < 4.78 is 0. The van der Waals surface area contributed by atoms with Gasteiger partial charge in [0.05, 0.1) is 10.7 Å². The normalized spacial score (nSPS) is 10.7. The van der Waals surface area contributed by atoms with Crippen LogP contribution >= 0.6 is 23.1 Å². The van der Waals surface area contributed by atoms with Crippen LogP contribution in [-0.2, 0) is 6.42 Å². The predicted octanol–water partition coefficient (Wildman–Crippen LogP) is 3.46. The predicted molar refractivity (Wildman–Crippen MR) is 74.7 cm³/mol. The third-order valence-corrected chi connectivity index (χ3v) is 4.14. The molecule has 2 nitrogen and oxygen atoms in total. The summed E-state index contributed by atoms with van der Waals surface area (Å²) in [5.74, 6) is 0. The average Bonchev–Trinajstić information content (AvgIpc) is 2.85. The molecule has 0 bridgehead atoms. The maximum absolute atomic E-state index is 8.78. The minimum atomic E-state index is 0.233. The van der Waals surface area contributed by atoms with Crippen LogP contribution in [-0.4, -0.2) is 23.0 Å². The number of thioether (sulfide) groups is 1. The van der Waals surface area contributed by atoms with E-state index in [1.165, 1.54) is 4.90 Å². The smallest absolute Gasteiger partial charge is 0.0933 e. The second kappa shape index (κ2) is 6.19. The summed E-state index contributed by atoms with van der Waals surface area (Å²) in [4.78, 5) is 5.84. The molecule has 1 aromatic carbocycles. The molecule has 4 heteroatoms. The maximum atomic E-state index is 8.78. The second-order valence-electron chi connectivity index (χ2n) is 3.68. The zero-order valence-corrected chi connectivity index (χ0v) is 11.4. The van der Waals surface area contributed by atoms with Gasteiger partial charge in [0, 0.05) is 28.9 Å². The van der Waals surface area contributed by atoms with E-state index in [2.05, 4.69) is 40.9 Å². The Kier molecular flexibility index (Phi) is 4.59. The van der Waals surface area contributed by atoms with E-state index in [-0.39, 0.29) is 6.61 Å². The van der Waals surface area contributed by atoms with E-state index in [1.807, 2.05) is 0 Å². The van der Waals surface area contributed by atoms with Gasteiger partial charge in [-0.15, -0.1) is 23.1 Å². The largest absolute Gasteiger partial charge is 0.396 e. The van der Waals surface area contributed by atoms with Gasteiger partial charge >= 0.3 is 0 Å². The minimum absolute atomic E-state index is 0.233. The lowest BCUT2D eigenvalue weighted by molar-refractivity contribution is 0.288. The summed E-state index contributed by atoms with van der Waals surface area (Å²) in [5, 5.41) is 12.0. The molecule has 0 fully saturated rings. The lowest BCUT2D eigenvalue weighted by Crippen LogP contribution is -1.88. The fourth-order valence-corrected chi connectivity index (χ4v) is 2.81. The van der Waals surface area contributed by atoms with E-state index in [0.29, 0.717) is 0 Å². The van der Waals surface area contributed by atoms with Gasteiger partial charge in [-0.2, -0.15) is 0 Å². The van der Waals surface area contributed by atoms with Gasteiger partial charge in [-0.3, -0.25) is 0 Å². The van der Waals surface area contributed by atoms with Crippen LogP contribution in [0.1, 0.15) is 11.4 Å². The Morgan fingerprint density at radius 2 is 2.06 bits per heavy atom. The number of rotatable bonds is 5. The van der Waals surface area contributed by atoms with Gasteiger partial charge in [0.15, 0.2) is 0 Å². The molecule has 1 heterocycles. The topological polar surface area (TPSA) is 33.1 Å². The van der Waals surface area contributed by atoms with Crippen molar-refractivity contribution in [1.29, 1.82) is 0 Å². The molecule has 0 unspecified atom stereocenters. The molecule has 17 heavy (non-hydrogen) atoms. The average molecular weight is 265 g/mol. The van der Waals surface area contributed by atoms with E-state index < -0.39 is 0 Å². The first-order valence-corrected chi connectivity index (χ1v) is 7.63. The quantitative estimate of drug-likeness (QED) is 0.841. The monoisotopic (exact) mass is 265 g/mol. The number of nitrogens with zero attached hydrogens (tertiary/aromatic N) is 1. The molecule has 0 aliphatic rings. The number of aliphatic hydroxyl groups excluding tert-OH is 1. The Morgan fingerprint density at radius 1 is 1.29 bits per heavy atom. The van der Waals surface area contributed by atoms with Crippen LogP contribution in [0.3, 0.4) is 0 Å². The molecule has 0 spiro atoms. The summed E-state index contributed by atoms with van der Waals surface area (Å²) in [6.07, 6.45) is 3.73. The highest BCUT2D eigenvalue weighted by Crippen LogP contribution is 2.24. The van der Waals surface area contributed by atoms with E-state index in [0.717, 1.165) is 29.1 Å². The Morgan fingerprint density at radius 3 is 2.71 bits per heavy atom. The fraction of sp³-hybridized carbons (Fsp3) is 0.308. The summed E-state index contributed by atoms with van der Waals surface area (Å²) in [5.41, 5.74) is 2.20. The highest BCUT2D eigenvalue weighted by atomic mass is 32.2. The molecule has 1 N–H and O–H groups in total. The van der Waals surface area contributed by atoms with E-state index in [9.17, 15) is 0 Å². The van der Waals surface area contributed by atoms with Gasteiger partial charge in [-0.1, -0.05) is 12.1 Å². The van der Waals surface area contributed by atoms with Crippen LogP contribution < -0.4 is 0 Å². The third kappa shape index (κ3) is 3.31. The van der Waals surface area contributed by atoms with Crippen LogP contribution in [0.15, 0.2) is 34.5 Å². The molecule has 2 rings (SSSR count). The van der Waals surface area contributed by atoms with Crippen LogP contribution in [0, 0.1) is 0 Å². The van der Waals surface area contributed by atoms with Crippen LogP contribution in [0.25, 0.3) is 11.3 Å². The van der Waals surface area contributed by atoms with Crippen molar-refractivity contribution in [1.82, 2.24) is 4.98 Å². The number of thiazole rings is 1. The zero-order chi connectivity index (χ0) is 12.1. The molecular formula is C13H15NOS2. The summed E-state index contributed by atoms with van der Waals surface area (Å²) in [6, 6.07) is 8.45. The summed E-state index contributed by atoms with van der Waals surface area (Å²) in [6.45, 7) is 0.233. The number of aryl methyl sites for hydroxylation is 1. The lowest BCUT2D eigenvalue weighted by Gasteiger charge is -1.98. The molecule has 0 aliphatic carbocycles. The van der Waals surface area contributed by atoms with Crippen molar-refractivity contribution in [2.24, 2.45) is 0 Å². The minimum Gasteiger partial charge on any atom is -0.396 e. The standard InChI is InChI=1S/C13H15NOS2/c1-16-11-6-4-10(5-7-11)12-9-17-13(14-12)3-2-8-15/h4-7,9,15H,2-3,8H2,1H3. The van der Waals surface area contributed by atoms with Crippen molar-refractivity contribution in [3.05, 3.63) is 34.7 Å². The van der Waals surface area contributed by atoms with Crippen LogP contribution in [0.2, 0.25) is 0 Å². The first-order chi connectivity index (χ1) is 8.33. The van der Waals surface area contributed by atoms with E-state index >= 15 is 0 Å². The Bertz CT molecular complexity index is 465. The van der Waals surface area contributed by atoms with Crippen molar-refractivity contribution < 1.29 is 5.11 Å². The molecule has 0 amide bonds. The van der Waals surface area contributed by atoms with Crippen molar-refractivity contribution in [3.8, 4) is 11.3 Å². The van der Waals surface area contributed by atoms with E-state index in [4.69, 9.17) is 5.11 Å². The molecule has 0 saturated carbocycles. The first-order valence-electron chi connectivity index (χ1n) is 5.53. The first kappa shape index (κ1) is 12.6. The number of aliphatic hydroxyl groups is 1. The van der Waals surface area contributed by atoms with Gasteiger partial charge in [-0.05, 0) is 24.8 Å². The third-order valence-electron chi connectivity index (χ3n) is 2.49. The molecule has 0 radical (unpaired) electrons. The summed E-state index contributed by atoms with van der Waals surface area (Å²) >= 11 is 3.41. The molecule has 1 aromatic heterocycles. The lowest BCUT2D eigenvalue weighted by atomic mass is 10.2. The zero-order valence-electron chi connectivity index (χ0n) is 9.72. The van der Waals surface area contributed by atoms with Crippen LogP contribution in [0.5, 0.6) is 0 Å². The van der Waals surface area contributed by atoms with Gasteiger partial charge in [-0.25, -0.2) is 4.98 Å². The number of benzene rings is 1. The molecular weight excluding hydrogens is 250 g/mol.